The molecule has 0 bridgehead atoms. The molecule has 0 N–H and O–H groups in total. The average Bonchev–Trinajstić information content (AvgIpc) is 3.91. The van der Waals surface area contributed by atoms with Gasteiger partial charge >= 0.3 is 30.2 Å². The number of rotatable bonds is 6. The second-order valence-electron chi connectivity index (χ2n) is 21.7. The van der Waals surface area contributed by atoms with Gasteiger partial charge in [0, 0.05) is 0 Å². The molecule has 8 aromatic carbocycles. The molecular weight excluding hydrogens is 959 g/mol. The van der Waals surface area contributed by atoms with Crippen LogP contribution in [-0.4, -0.2) is 6.88 Å². The maximum absolute atomic E-state index is 3.06. The van der Waals surface area contributed by atoms with Crippen LogP contribution in [-0.2, 0) is 57.8 Å². The third kappa shape index (κ3) is 13.8. The Morgan fingerprint density at radius 3 is 0.765 bits per heavy atom. The van der Waals surface area contributed by atoms with E-state index in [1.54, 1.807) is 0 Å². The molecule has 0 aliphatic rings. The van der Waals surface area contributed by atoms with Crippen molar-refractivity contribution in [3.63, 3.8) is 0 Å². The van der Waals surface area contributed by atoms with Gasteiger partial charge in [-0.3, -0.25) is 0 Å². The van der Waals surface area contributed by atoms with Crippen LogP contribution < -0.4 is 0 Å². The van der Waals surface area contributed by atoms with Crippen molar-refractivity contribution in [3.8, 4) is 44.5 Å². The van der Waals surface area contributed by atoms with E-state index in [-0.39, 0.29) is 61.3 Å². The Hall–Kier alpha value is -3.78. The molecule has 0 aliphatic heterocycles. The van der Waals surface area contributed by atoms with Gasteiger partial charge in [-0.05, 0) is 67.9 Å². The Bertz CT molecular complexity index is 2420. The summed E-state index contributed by atoms with van der Waals surface area (Å²) in [5.41, 5.74) is 19.5. The third-order valence-electron chi connectivity index (χ3n) is 13.0. The summed E-state index contributed by atoms with van der Waals surface area (Å²) < 4.78 is 0. The summed E-state index contributed by atoms with van der Waals surface area (Å²) in [6, 6.07) is 55.3. The number of fused-ring (bicyclic) bond motifs is 2. The first-order valence-corrected chi connectivity index (χ1v) is 27.5. The van der Waals surface area contributed by atoms with Crippen molar-refractivity contribution in [2.24, 2.45) is 0 Å². The summed E-state index contributed by atoms with van der Waals surface area (Å²) in [6.45, 7) is 34.8. The van der Waals surface area contributed by atoms with Crippen LogP contribution in [0.4, 0.5) is 0 Å². The van der Waals surface area contributed by atoms with Gasteiger partial charge in [-0.1, -0.05) is 252 Å². The number of benzene rings is 6. The topological polar surface area (TPSA) is 0 Å². The van der Waals surface area contributed by atoms with E-state index in [2.05, 4.69) is 249 Å². The second-order valence-corrected chi connectivity index (χ2v) is 21.7. The number of hydrogen-bond acceptors (Lipinski definition) is 0. The first-order chi connectivity index (χ1) is 30.1. The molecule has 4 heteroatoms. The van der Waals surface area contributed by atoms with Gasteiger partial charge in [-0.2, -0.15) is 12.1 Å². The van der Waals surface area contributed by atoms with Crippen molar-refractivity contribution in [2.75, 3.05) is 0 Å². The van der Waals surface area contributed by atoms with E-state index in [0.717, 1.165) is 12.8 Å². The molecule has 0 saturated heterocycles. The van der Waals surface area contributed by atoms with Crippen molar-refractivity contribution in [2.45, 2.75) is 131 Å². The van der Waals surface area contributed by atoms with Crippen LogP contribution in [0.25, 0.3) is 66.1 Å². The normalized spacial score (nSPS) is 11.4. The van der Waals surface area contributed by atoms with Gasteiger partial charge in [-0.25, -0.2) is 0 Å². The average molecular weight is 1040 g/mol. The van der Waals surface area contributed by atoms with Crippen LogP contribution in [0.1, 0.15) is 130 Å². The molecule has 0 fully saturated rings. The molecule has 0 aromatic heterocycles. The third-order valence-corrected chi connectivity index (χ3v) is 13.0. The first kappa shape index (κ1) is 60.3. The van der Waals surface area contributed by atoms with Gasteiger partial charge in [0.1, 0.15) is 0 Å². The summed E-state index contributed by atoms with van der Waals surface area (Å²) in [4.78, 5) is 0. The van der Waals surface area contributed by atoms with E-state index in [4.69, 9.17) is 0 Å². The molecule has 0 unspecified atom stereocenters. The predicted octanol–water partition coefficient (Wildman–Crippen LogP) is 19.5. The fourth-order valence-corrected chi connectivity index (χ4v) is 8.73. The van der Waals surface area contributed by atoms with Crippen molar-refractivity contribution < 1.29 is 23.3 Å². The van der Waals surface area contributed by atoms with Gasteiger partial charge in [0.05, 0.1) is 0 Å². The van der Waals surface area contributed by atoms with Crippen LogP contribution >= 0.6 is 24.8 Å². The monoisotopic (exact) mass is 1030 g/mol. The van der Waals surface area contributed by atoms with Gasteiger partial charge in [0.2, 0.25) is 0 Å². The number of hydrogen-bond donors (Lipinski definition) is 0. The molecule has 0 amide bonds. The van der Waals surface area contributed by atoms with Crippen molar-refractivity contribution in [1.29, 1.82) is 0 Å². The minimum absolute atomic E-state index is 0. The summed E-state index contributed by atoms with van der Waals surface area (Å²) in [5, 5.41) is 5.44. The SMILES string of the molecule is CCc1cc2c(-c3ccc(C(C)(C)C)cc3)ccc(-c3ccc(C(C)(C)C)cc3)c2[cH-]1.CCc1cc2c(-c3ccc(C(C)(C)C)cc3)ccc(-c3ccc(C(C)(C)C)cc3)c2[cH-]1.Cl.Cl.[CH3-].[CH3-].[Si]=[Zr]. The molecule has 0 spiro atoms. The van der Waals surface area contributed by atoms with Crippen LogP contribution in [0.2, 0.25) is 0 Å². The molecule has 0 nitrogen and oxygen atoms in total. The van der Waals surface area contributed by atoms with E-state index < -0.39 is 0 Å². The van der Waals surface area contributed by atoms with Gasteiger partial charge in [-0.15, -0.1) is 69.6 Å². The summed E-state index contributed by atoms with van der Waals surface area (Å²) >= 11 is 1.36. The van der Waals surface area contributed by atoms with Crippen LogP contribution in [0.5, 0.6) is 0 Å². The Morgan fingerprint density at radius 2 is 0.559 bits per heavy atom. The zero-order chi connectivity index (χ0) is 46.8. The molecule has 2 radical (unpaired) electrons. The molecular formula is C64H78Cl2SiZr-4. The first-order valence-electron chi connectivity index (χ1n) is 23.3. The zero-order valence-corrected chi connectivity index (χ0v) is 49.2. The fraction of sp³-hybridized carbons (Fsp3) is 0.312. The van der Waals surface area contributed by atoms with Gasteiger partial charge in [0.25, 0.3) is 0 Å². The summed E-state index contributed by atoms with van der Waals surface area (Å²) in [6.07, 6.45) is 2.11. The molecule has 68 heavy (non-hydrogen) atoms. The quantitative estimate of drug-likeness (QED) is 0.115. The number of aryl methyl sites for hydroxylation is 2. The van der Waals surface area contributed by atoms with E-state index in [0.29, 0.717) is 0 Å². The molecule has 0 saturated carbocycles. The molecule has 8 aromatic rings. The van der Waals surface area contributed by atoms with E-state index >= 15 is 0 Å². The molecule has 0 atom stereocenters. The van der Waals surface area contributed by atoms with Crippen molar-refractivity contribution in [1.82, 2.24) is 0 Å². The Morgan fingerprint density at radius 1 is 0.353 bits per heavy atom. The summed E-state index contributed by atoms with van der Waals surface area (Å²) in [7, 11) is 0. The Balaban J connectivity index is 0.000000426. The maximum atomic E-state index is 3.06. The molecule has 0 heterocycles. The molecule has 360 valence electrons. The summed E-state index contributed by atoms with van der Waals surface area (Å²) in [5.74, 6) is 0. The van der Waals surface area contributed by atoms with Crippen LogP contribution in [0.15, 0.2) is 146 Å². The van der Waals surface area contributed by atoms with E-state index in [1.807, 2.05) is 0 Å². The Kier molecular flexibility index (Phi) is 21.6. The van der Waals surface area contributed by atoms with E-state index in [1.165, 1.54) is 123 Å². The van der Waals surface area contributed by atoms with Crippen molar-refractivity contribution in [3.05, 3.63) is 194 Å². The zero-order valence-electron chi connectivity index (χ0n) is 44.1. The Labute approximate surface area is 442 Å². The van der Waals surface area contributed by atoms with E-state index in [9.17, 15) is 0 Å². The second kappa shape index (κ2) is 24.4. The predicted molar refractivity (Wildman–Crippen MR) is 307 cm³/mol. The van der Waals surface area contributed by atoms with Gasteiger partial charge < -0.3 is 14.9 Å². The fourth-order valence-electron chi connectivity index (χ4n) is 8.73. The van der Waals surface area contributed by atoms with Gasteiger partial charge in [0.15, 0.2) is 0 Å². The standard InChI is InChI=1S/2C31H35.2CH3.2ClH.Si.Zr/c2*1-8-21-19-28-26(22-9-13-24(14-10-22)30(2,3)4)17-18-27(29(28)20-21)23-11-15-25(16-12-23)31(5,6)7;;;;;;/h2*9-20H,8H2,1-7H3;2*1H3;2*1H;;/q4*-1;;;;. The van der Waals surface area contributed by atoms with Crippen LogP contribution in [0.3, 0.4) is 0 Å². The minimum atomic E-state index is 0. The molecule has 0 aliphatic carbocycles. The van der Waals surface area contributed by atoms with Crippen LogP contribution in [0, 0.1) is 14.9 Å². The molecule has 8 rings (SSSR count). The van der Waals surface area contributed by atoms with Crippen molar-refractivity contribution >= 4 is 53.2 Å². The number of halogens is 2.